The van der Waals surface area contributed by atoms with Gasteiger partial charge in [0.05, 0.1) is 16.9 Å². The zero-order chi connectivity index (χ0) is 13.3. The first-order valence-electron chi connectivity index (χ1n) is 4.67. The summed E-state index contributed by atoms with van der Waals surface area (Å²) in [6.45, 7) is 0. The molecule has 0 aliphatic heterocycles. The Labute approximate surface area is 107 Å². The van der Waals surface area contributed by atoms with Crippen LogP contribution < -0.4 is 10.5 Å². The van der Waals surface area contributed by atoms with Gasteiger partial charge in [0, 0.05) is 0 Å². The average molecular weight is 291 g/mol. The van der Waals surface area contributed by atoms with Gasteiger partial charge in [-0.1, -0.05) is 17.7 Å². The van der Waals surface area contributed by atoms with Crippen LogP contribution in [0, 0.1) is 5.82 Å². The first-order valence-corrected chi connectivity index (χ1v) is 6.53. The molecule has 0 aliphatic carbocycles. The number of hydrogen-bond acceptors (Lipinski definition) is 4. The number of anilines is 2. The van der Waals surface area contributed by atoms with Crippen LogP contribution in [0.25, 0.3) is 0 Å². The number of nitrogen functional groups attached to an aromatic ring is 1. The molecule has 2 rings (SSSR count). The summed E-state index contributed by atoms with van der Waals surface area (Å²) in [6.07, 6.45) is 1.03. The van der Waals surface area contributed by atoms with Gasteiger partial charge in [0.1, 0.15) is 10.7 Å². The second-order valence-electron chi connectivity index (χ2n) is 3.35. The van der Waals surface area contributed by atoms with E-state index in [1.807, 2.05) is 4.72 Å². The second kappa shape index (κ2) is 4.46. The quantitative estimate of drug-likeness (QED) is 0.799. The number of H-pyrrole nitrogens is 1. The number of sulfonamides is 1. The summed E-state index contributed by atoms with van der Waals surface area (Å²) in [4.78, 5) is -0.262. The molecule has 1 aromatic carbocycles. The van der Waals surface area contributed by atoms with Crippen molar-refractivity contribution in [2.45, 2.75) is 4.90 Å². The Balaban J connectivity index is 2.40. The van der Waals surface area contributed by atoms with E-state index in [1.54, 1.807) is 0 Å². The minimum absolute atomic E-state index is 0.134. The number of hydrogen-bond donors (Lipinski definition) is 3. The van der Waals surface area contributed by atoms with E-state index in [9.17, 15) is 12.8 Å². The molecule has 1 heterocycles. The van der Waals surface area contributed by atoms with Crippen LogP contribution in [0.2, 0.25) is 5.02 Å². The van der Waals surface area contributed by atoms with Crippen LogP contribution >= 0.6 is 11.6 Å². The third-order valence-corrected chi connectivity index (χ3v) is 3.80. The van der Waals surface area contributed by atoms with E-state index >= 15 is 0 Å². The molecule has 9 heteroatoms. The van der Waals surface area contributed by atoms with Crippen LogP contribution in [0.15, 0.2) is 29.3 Å². The molecule has 2 aromatic rings. The number of nitrogens with zero attached hydrogens (tertiary/aromatic N) is 1. The zero-order valence-corrected chi connectivity index (χ0v) is 10.4. The molecule has 0 unspecified atom stereocenters. The Hall–Kier alpha value is -1.80. The largest absolute Gasteiger partial charge is 0.383 e. The van der Waals surface area contributed by atoms with Crippen LogP contribution in [0.4, 0.5) is 15.9 Å². The molecule has 0 saturated carbocycles. The molecule has 0 aliphatic rings. The highest BCUT2D eigenvalue weighted by atomic mass is 35.5. The van der Waals surface area contributed by atoms with Crippen molar-refractivity contribution in [2.24, 2.45) is 0 Å². The van der Waals surface area contributed by atoms with Crippen LogP contribution in [-0.4, -0.2) is 18.6 Å². The molecule has 0 bridgehead atoms. The molecule has 0 fully saturated rings. The van der Waals surface area contributed by atoms with E-state index in [2.05, 4.69) is 10.2 Å². The van der Waals surface area contributed by atoms with Crippen molar-refractivity contribution in [3.8, 4) is 0 Å². The summed E-state index contributed by atoms with van der Waals surface area (Å²) in [5.41, 5.74) is 5.13. The Morgan fingerprint density at radius 3 is 2.78 bits per heavy atom. The van der Waals surface area contributed by atoms with Crippen molar-refractivity contribution in [3.05, 3.63) is 35.2 Å². The van der Waals surface area contributed by atoms with E-state index in [4.69, 9.17) is 17.3 Å². The van der Waals surface area contributed by atoms with Gasteiger partial charge in [0.2, 0.25) is 0 Å². The Kier molecular flexibility index (Phi) is 3.14. The Morgan fingerprint density at radius 1 is 1.44 bits per heavy atom. The van der Waals surface area contributed by atoms with E-state index in [0.717, 1.165) is 6.20 Å². The van der Waals surface area contributed by atoms with Gasteiger partial charge >= 0.3 is 0 Å². The van der Waals surface area contributed by atoms with Crippen molar-refractivity contribution < 1.29 is 12.8 Å². The maximum Gasteiger partial charge on any atom is 0.267 e. The first-order chi connectivity index (χ1) is 8.42. The maximum absolute atomic E-state index is 13.6. The van der Waals surface area contributed by atoms with Gasteiger partial charge in [-0.2, -0.15) is 5.10 Å². The Morgan fingerprint density at radius 2 is 2.17 bits per heavy atom. The SMILES string of the molecule is Nc1[nH]ncc1S(=O)(=O)Nc1cccc(Cl)c1F. The third kappa shape index (κ3) is 2.24. The summed E-state index contributed by atoms with van der Waals surface area (Å²) < 4.78 is 39.4. The standard InChI is InChI=1S/C9H8ClFN4O2S/c10-5-2-1-3-6(8(5)11)15-18(16,17)7-4-13-14-9(7)12/h1-4,15H,(H3,12,13,14). The molecule has 0 spiro atoms. The van der Waals surface area contributed by atoms with Gasteiger partial charge in [-0.15, -0.1) is 0 Å². The lowest BCUT2D eigenvalue weighted by Gasteiger charge is -2.08. The molecule has 6 nitrogen and oxygen atoms in total. The van der Waals surface area contributed by atoms with Gasteiger partial charge in [0.15, 0.2) is 5.82 Å². The molecule has 1 aromatic heterocycles. The van der Waals surface area contributed by atoms with Crippen molar-refractivity contribution in [1.82, 2.24) is 10.2 Å². The average Bonchev–Trinajstić information content (AvgIpc) is 2.72. The maximum atomic E-state index is 13.6. The predicted octanol–water partition coefficient (Wildman–Crippen LogP) is 1.59. The van der Waals surface area contributed by atoms with E-state index < -0.39 is 15.8 Å². The third-order valence-electron chi connectivity index (χ3n) is 2.12. The van der Waals surface area contributed by atoms with Crippen LogP contribution in [0.5, 0.6) is 0 Å². The number of nitrogens with two attached hydrogens (primary N) is 1. The predicted molar refractivity (Wildman–Crippen MR) is 65.2 cm³/mol. The minimum atomic E-state index is -4.01. The highest BCUT2D eigenvalue weighted by molar-refractivity contribution is 7.92. The highest BCUT2D eigenvalue weighted by Crippen LogP contribution is 2.25. The van der Waals surface area contributed by atoms with Gasteiger partial charge in [0.25, 0.3) is 10.0 Å². The van der Waals surface area contributed by atoms with Crippen molar-refractivity contribution in [2.75, 3.05) is 10.5 Å². The molecule has 0 atom stereocenters. The van der Waals surface area contributed by atoms with E-state index in [-0.39, 0.29) is 21.4 Å². The highest BCUT2D eigenvalue weighted by Gasteiger charge is 2.21. The lowest BCUT2D eigenvalue weighted by Crippen LogP contribution is -2.14. The summed E-state index contributed by atoms with van der Waals surface area (Å²) in [5, 5.41) is 5.57. The van der Waals surface area contributed by atoms with Crippen molar-refractivity contribution >= 4 is 33.1 Å². The van der Waals surface area contributed by atoms with Crippen molar-refractivity contribution in [3.63, 3.8) is 0 Å². The lowest BCUT2D eigenvalue weighted by atomic mass is 10.3. The van der Waals surface area contributed by atoms with Crippen molar-refractivity contribution in [1.29, 1.82) is 0 Å². The molecule has 0 saturated heterocycles. The normalized spacial score (nSPS) is 11.4. The van der Waals surface area contributed by atoms with E-state index in [1.165, 1.54) is 18.2 Å². The fourth-order valence-corrected chi connectivity index (χ4v) is 2.54. The number of aromatic nitrogens is 2. The molecule has 0 amide bonds. The molecule has 96 valence electrons. The van der Waals surface area contributed by atoms with Crippen LogP contribution in [0.3, 0.4) is 0 Å². The topological polar surface area (TPSA) is 101 Å². The summed E-state index contributed by atoms with van der Waals surface area (Å²) in [5.74, 6) is -0.991. The van der Waals surface area contributed by atoms with Gasteiger partial charge < -0.3 is 5.73 Å². The fraction of sp³-hybridized carbons (Fsp3) is 0. The number of rotatable bonds is 3. The van der Waals surface area contributed by atoms with Crippen LogP contribution in [0.1, 0.15) is 0 Å². The number of nitrogens with one attached hydrogen (secondary N) is 2. The van der Waals surface area contributed by atoms with Gasteiger partial charge in [-0.25, -0.2) is 12.8 Å². The number of aromatic amines is 1. The summed E-state index contributed by atoms with van der Waals surface area (Å²) >= 11 is 5.55. The monoisotopic (exact) mass is 290 g/mol. The number of benzene rings is 1. The van der Waals surface area contributed by atoms with Gasteiger partial charge in [-0.3, -0.25) is 9.82 Å². The molecule has 4 N–H and O–H groups in total. The molecular weight excluding hydrogens is 283 g/mol. The minimum Gasteiger partial charge on any atom is -0.383 e. The zero-order valence-electron chi connectivity index (χ0n) is 8.81. The van der Waals surface area contributed by atoms with Crippen LogP contribution in [-0.2, 0) is 10.0 Å². The lowest BCUT2D eigenvalue weighted by molar-refractivity contribution is 0.599. The molecule has 18 heavy (non-hydrogen) atoms. The molecular formula is C9H8ClFN4O2S. The van der Waals surface area contributed by atoms with Gasteiger partial charge in [-0.05, 0) is 12.1 Å². The van der Waals surface area contributed by atoms with E-state index in [0.29, 0.717) is 0 Å². The summed E-state index contributed by atoms with van der Waals surface area (Å²) in [7, 11) is -4.01. The smallest absolute Gasteiger partial charge is 0.267 e. The summed E-state index contributed by atoms with van der Waals surface area (Å²) in [6, 6.07) is 3.97. The molecule has 0 radical (unpaired) electrons. The number of halogens is 2. The second-order valence-corrected chi connectivity index (χ2v) is 5.41. The Bertz CT molecular complexity index is 686. The fourth-order valence-electron chi connectivity index (χ4n) is 1.28. The first kappa shape index (κ1) is 12.7.